The van der Waals surface area contributed by atoms with Crippen LogP contribution in [0.1, 0.15) is 42.8 Å². The van der Waals surface area contributed by atoms with Crippen molar-refractivity contribution in [2.75, 3.05) is 5.32 Å². The molecule has 0 aliphatic heterocycles. The van der Waals surface area contributed by atoms with E-state index in [9.17, 15) is 24.5 Å². The van der Waals surface area contributed by atoms with Gasteiger partial charge in [0.15, 0.2) is 4.34 Å². The molecule has 0 unspecified atom stereocenters. The van der Waals surface area contributed by atoms with Gasteiger partial charge in [0, 0.05) is 23.1 Å². The van der Waals surface area contributed by atoms with Gasteiger partial charge in [-0.2, -0.15) is 0 Å². The van der Waals surface area contributed by atoms with Crippen molar-refractivity contribution in [3.8, 4) is 5.75 Å². The van der Waals surface area contributed by atoms with Gasteiger partial charge in [-0.15, -0.1) is 10.2 Å². The lowest BCUT2D eigenvalue weighted by Gasteiger charge is -2.09. The van der Waals surface area contributed by atoms with Gasteiger partial charge < -0.3 is 14.5 Å². The van der Waals surface area contributed by atoms with Gasteiger partial charge in [-0.1, -0.05) is 48.5 Å². The maximum atomic E-state index is 12.4. The maximum absolute atomic E-state index is 12.4. The lowest BCUT2D eigenvalue weighted by atomic mass is 10.0. The number of carbonyl (C=O) groups is 2. The largest absolute Gasteiger partial charge is 0.464 e. The van der Waals surface area contributed by atoms with Crippen molar-refractivity contribution in [1.29, 1.82) is 0 Å². The third-order valence-electron chi connectivity index (χ3n) is 4.76. The van der Waals surface area contributed by atoms with Crippen LogP contribution in [0, 0.1) is 16.0 Å². The second-order valence-electron chi connectivity index (χ2n) is 7.05. The fourth-order valence-electron chi connectivity index (χ4n) is 2.89. The molecule has 0 radical (unpaired) electrons. The van der Waals surface area contributed by atoms with Gasteiger partial charge >= 0.3 is 5.97 Å². The van der Waals surface area contributed by atoms with Crippen molar-refractivity contribution in [2.24, 2.45) is 5.92 Å². The first-order chi connectivity index (χ1) is 16.7. The Morgan fingerprint density at radius 1 is 1.29 bits per heavy atom. The van der Waals surface area contributed by atoms with E-state index in [0.29, 0.717) is 9.47 Å². The molecule has 35 heavy (non-hydrogen) atoms. The SMILES string of the molecule is CCC(CC)C(=O)Nc1nnc(SCc2cc(=O)c(OC(=O)c3cc(Cl)ccc3[N+](=O)[O-])co2)s1. The van der Waals surface area contributed by atoms with Crippen LogP contribution >= 0.6 is 34.7 Å². The van der Waals surface area contributed by atoms with Crippen molar-refractivity contribution in [2.45, 2.75) is 36.8 Å². The summed E-state index contributed by atoms with van der Waals surface area (Å²) >= 11 is 8.24. The van der Waals surface area contributed by atoms with Crippen LogP contribution in [0.25, 0.3) is 0 Å². The molecule has 0 saturated carbocycles. The van der Waals surface area contributed by atoms with E-state index in [-0.39, 0.29) is 28.4 Å². The topological polar surface area (TPSA) is 155 Å². The number of nitrogens with zero attached hydrogens (tertiary/aromatic N) is 3. The number of nitrogens with one attached hydrogen (secondary N) is 1. The number of rotatable bonds is 10. The van der Waals surface area contributed by atoms with E-state index in [1.807, 2.05) is 13.8 Å². The number of nitro benzene ring substituents is 1. The number of anilines is 1. The van der Waals surface area contributed by atoms with Crippen LogP contribution in [0.5, 0.6) is 5.75 Å². The van der Waals surface area contributed by atoms with E-state index in [1.165, 1.54) is 29.2 Å². The zero-order chi connectivity index (χ0) is 25.5. The highest BCUT2D eigenvalue weighted by atomic mass is 35.5. The van der Waals surface area contributed by atoms with Gasteiger partial charge in [0.1, 0.15) is 17.6 Å². The summed E-state index contributed by atoms with van der Waals surface area (Å²) in [6, 6.07) is 4.55. The summed E-state index contributed by atoms with van der Waals surface area (Å²) in [7, 11) is 0. The first-order valence-corrected chi connectivity index (χ1v) is 12.4. The van der Waals surface area contributed by atoms with Gasteiger partial charge in [-0.3, -0.25) is 19.7 Å². The maximum Gasteiger partial charge on any atom is 0.350 e. The second kappa shape index (κ2) is 11.9. The number of benzene rings is 1. The Bertz CT molecular complexity index is 1310. The van der Waals surface area contributed by atoms with E-state index in [0.717, 1.165) is 37.3 Å². The molecule has 2 aromatic heterocycles. The fourth-order valence-corrected chi connectivity index (χ4v) is 4.71. The smallest absolute Gasteiger partial charge is 0.350 e. The number of esters is 1. The minimum atomic E-state index is -1.12. The number of hydrogen-bond donors (Lipinski definition) is 1. The molecule has 0 saturated heterocycles. The minimum absolute atomic E-state index is 0.0944. The molecule has 2 heterocycles. The summed E-state index contributed by atoms with van der Waals surface area (Å²) in [6.07, 6.45) is 2.40. The van der Waals surface area contributed by atoms with Crippen molar-refractivity contribution in [3.63, 3.8) is 0 Å². The number of halogens is 1. The number of amides is 1. The average Bonchev–Trinajstić information content (AvgIpc) is 3.27. The summed E-state index contributed by atoms with van der Waals surface area (Å²) < 4.78 is 10.9. The number of aromatic nitrogens is 2. The van der Waals surface area contributed by atoms with Gasteiger partial charge in [-0.25, -0.2) is 4.79 Å². The molecule has 3 aromatic rings. The Labute approximate surface area is 212 Å². The van der Waals surface area contributed by atoms with Crippen LogP contribution in [-0.2, 0) is 10.5 Å². The molecule has 1 amide bonds. The van der Waals surface area contributed by atoms with E-state index >= 15 is 0 Å². The zero-order valence-corrected chi connectivity index (χ0v) is 20.9. The van der Waals surface area contributed by atoms with Crippen molar-refractivity contribution in [1.82, 2.24) is 10.2 Å². The monoisotopic (exact) mass is 538 g/mol. The normalized spacial score (nSPS) is 10.9. The average molecular weight is 539 g/mol. The van der Waals surface area contributed by atoms with E-state index in [4.69, 9.17) is 20.8 Å². The van der Waals surface area contributed by atoms with Gasteiger partial charge in [0.2, 0.25) is 22.2 Å². The number of hydrogen-bond acceptors (Lipinski definition) is 11. The van der Waals surface area contributed by atoms with E-state index in [2.05, 4.69) is 15.5 Å². The van der Waals surface area contributed by atoms with Crippen molar-refractivity contribution >= 4 is 57.4 Å². The molecule has 0 aliphatic carbocycles. The number of thioether (sulfide) groups is 1. The van der Waals surface area contributed by atoms with Crippen LogP contribution in [0.15, 0.2) is 44.1 Å². The Morgan fingerprint density at radius 3 is 2.69 bits per heavy atom. The molecule has 1 aromatic carbocycles. The molecule has 0 aliphatic rings. The number of nitro groups is 1. The van der Waals surface area contributed by atoms with Gasteiger partial charge in [0.05, 0.1) is 10.7 Å². The molecular formula is C21H19ClN4O7S2. The number of ether oxygens (including phenoxy) is 1. The van der Waals surface area contributed by atoms with Crippen LogP contribution in [0.2, 0.25) is 5.02 Å². The molecule has 1 N–H and O–H groups in total. The van der Waals surface area contributed by atoms with Gasteiger partial charge in [-0.05, 0) is 25.0 Å². The molecule has 3 rings (SSSR count). The molecular weight excluding hydrogens is 520 g/mol. The first kappa shape index (κ1) is 26.3. The molecule has 0 atom stereocenters. The summed E-state index contributed by atoms with van der Waals surface area (Å²) in [4.78, 5) is 47.3. The fraction of sp³-hybridized carbons (Fsp3) is 0.286. The molecule has 11 nitrogen and oxygen atoms in total. The van der Waals surface area contributed by atoms with Crippen LogP contribution in [-0.4, -0.2) is 27.0 Å². The van der Waals surface area contributed by atoms with Crippen LogP contribution in [0.4, 0.5) is 10.8 Å². The van der Waals surface area contributed by atoms with E-state index < -0.39 is 33.3 Å². The molecule has 0 spiro atoms. The van der Waals surface area contributed by atoms with E-state index in [1.54, 1.807) is 0 Å². The second-order valence-corrected chi connectivity index (χ2v) is 9.68. The Balaban J connectivity index is 1.63. The summed E-state index contributed by atoms with van der Waals surface area (Å²) in [5.41, 5.74) is -1.56. The first-order valence-electron chi connectivity index (χ1n) is 10.3. The lowest BCUT2D eigenvalue weighted by molar-refractivity contribution is -0.385. The molecule has 0 fully saturated rings. The summed E-state index contributed by atoms with van der Waals surface area (Å²) in [5.74, 6) is -1.26. The van der Waals surface area contributed by atoms with Gasteiger partial charge in [0.25, 0.3) is 5.69 Å². The Hall–Kier alpha value is -3.29. The third-order valence-corrected chi connectivity index (χ3v) is 6.99. The highest BCUT2D eigenvalue weighted by molar-refractivity contribution is 8.00. The van der Waals surface area contributed by atoms with Crippen LogP contribution < -0.4 is 15.5 Å². The molecule has 184 valence electrons. The number of carbonyl (C=O) groups excluding carboxylic acids is 2. The molecule has 14 heteroatoms. The Kier molecular flexibility index (Phi) is 8.95. The van der Waals surface area contributed by atoms with Crippen molar-refractivity contribution in [3.05, 3.63) is 67.2 Å². The van der Waals surface area contributed by atoms with Crippen LogP contribution in [0.3, 0.4) is 0 Å². The predicted octanol–water partition coefficient (Wildman–Crippen LogP) is 4.94. The predicted molar refractivity (Wildman–Crippen MR) is 130 cm³/mol. The summed E-state index contributed by atoms with van der Waals surface area (Å²) in [6.45, 7) is 3.88. The van der Waals surface area contributed by atoms with Crippen molar-refractivity contribution < 1.29 is 23.7 Å². The molecule has 0 bridgehead atoms. The lowest BCUT2D eigenvalue weighted by Crippen LogP contribution is -2.21. The standard InChI is InChI=1S/C21H19ClN4O7S2/c1-3-11(4-2)18(28)23-20-24-25-21(35-20)34-10-13-8-16(27)17(9-32-13)33-19(29)14-7-12(22)5-6-15(14)26(30)31/h5-9,11H,3-4,10H2,1-2H3,(H,23,24,28). The highest BCUT2D eigenvalue weighted by Crippen LogP contribution is 2.29. The quantitative estimate of drug-likeness (QED) is 0.123. The zero-order valence-electron chi connectivity index (χ0n) is 18.5. The highest BCUT2D eigenvalue weighted by Gasteiger charge is 2.23. The Morgan fingerprint density at radius 2 is 2.03 bits per heavy atom. The minimum Gasteiger partial charge on any atom is -0.464 e. The third kappa shape index (κ3) is 6.87. The summed E-state index contributed by atoms with van der Waals surface area (Å²) in [5, 5.41) is 22.3.